The second kappa shape index (κ2) is 7.64. The predicted molar refractivity (Wildman–Crippen MR) is 93.4 cm³/mol. The fourth-order valence-electron chi connectivity index (χ4n) is 3.28. The van der Waals surface area contributed by atoms with E-state index in [1.54, 1.807) is 5.57 Å². The number of benzene rings is 1. The van der Waals surface area contributed by atoms with Gasteiger partial charge in [0, 0.05) is 0 Å². The van der Waals surface area contributed by atoms with E-state index in [0.717, 1.165) is 0 Å². The van der Waals surface area contributed by atoms with Crippen molar-refractivity contribution >= 4 is 0 Å². The average molecular weight is 282 g/mol. The summed E-state index contributed by atoms with van der Waals surface area (Å²) in [4.78, 5) is 0. The number of hydrogen-bond donors (Lipinski definition) is 0. The highest BCUT2D eigenvalue weighted by Crippen LogP contribution is 2.53. The molecule has 114 valence electrons. The van der Waals surface area contributed by atoms with Crippen LogP contribution in [0.4, 0.5) is 0 Å². The number of allylic oxidation sites excluding steroid dienone is 4. The fraction of sp³-hybridized carbons (Fsp3) is 0.524. The van der Waals surface area contributed by atoms with Crippen LogP contribution < -0.4 is 0 Å². The second-order valence-corrected chi connectivity index (χ2v) is 6.83. The van der Waals surface area contributed by atoms with Crippen molar-refractivity contribution in [1.82, 2.24) is 0 Å². The molecule has 1 atom stereocenters. The zero-order valence-electron chi connectivity index (χ0n) is 13.9. The maximum atomic E-state index is 2.37. The van der Waals surface area contributed by atoms with Gasteiger partial charge in [0.15, 0.2) is 0 Å². The van der Waals surface area contributed by atoms with Gasteiger partial charge in [0.25, 0.3) is 0 Å². The van der Waals surface area contributed by atoms with Crippen molar-refractivity contribution in [2.24, 2.45) is 11.3 Å². The molecule has 0 heteroatoms. The van der Waals surface area contributed by atoms with E-state index in [0.29, 0.717) is 11.3 Å². The first kappa shape index (κ1) is 16.1. The van der Waals surface area contributed by atoms with Crippen molar-refractivity contribution in [3.8, 4) is 0 Å². The molecule has 0 N–H and O–H groups in total. The zero-order valence-corrected chi connectivity index (χ0v) is 13.9. The third kappa shape index (κ3) is 5.19. The molecule has 1 aromatic carbocycles. The summed E-state index contributed by atoms with van der Waals surface area (Å²) in [6.45, 7) is 6.66. The third-order valence-electron chi connectivity index (χ3n) is 4.83. The molecular weight excluding hydrogens is 252 g/mol. The Labute approximate surface area is 131 Å². The summed E-state index contributed by atoms with van der Waals surface area (Å²) in [5.74, 6) is 0.703. The van der Waals surface area contributed by atoms with Crippen molar-refractivity contribution < 1.29 is 0 Å². The fourth-order valence-corrected chi connectivity index (χ4v) is 3.28. The van der Waals surface area contributed by atoms with E-state index in [1.807, 2.05) is 0 Å². The molecule has 0 spiro atoms. The van der Waals surface area contributed by atoms with Gasteiger partial charge in [0.1, 0.15) is 0 Å². The first-order chi connectivity index (χ1) is 10.2. The topological polar surface area (TPSA) is 0 Å². The molecular formula is C21H30. The number of hydrogen-bond acceptors (Lipinski definition) is 0. The molecule has 0 nitrogen and oxygen atoms in total. The predicted octanol–water partition coefficient (Wildman–Crippen LogP) is 6.34. The molecule has 0 bridgehead atoms. The van der Waals surface area contributed by atoms with Crippen LogP contribution in [-0.4, -0.2) is 0 Å². The van der Waals surface area contributed by atoms with E-state index in [-0.39, 0.29) is 0 Å². The van der Waals surface area contributed by atoms with Gasteiger partial charge in [0.2, 0.25) is 0 Å². The highest BCUT2D eigenvalue weighted by Gasteiger charge is 2.42. The molecule has 2 rings (SSSR count). The molecule has 0 aliphatic heterocycles. The number of rotatable bonds is 8. The minimum absolute atomic E-state index is 0.576. The van der Waals surface area contributed by atoms with E-state index >= 15 is 0 Å². The van der Waals surface area contributed by atoms with Crippen molar-refractivity contribution in [2.45, 2.75) is 59.3 Å². The van der Waals surface area contributed by atoms with Gasteiger partial charge in [-0.2, -0.15) is 0 Å². The van der Waals surface area contributed by atoms with Gasteiger partial charge in [0.05, 0.1) is 0 Å². The minimum Gasteiger partial charge on any atom is -0.0914 e. The van der Waals surface area contributed by atoms with Gasteiger partial charge in [-0.05, 0) is 69.3 Å². The van der Waals surface area contributed by atoms with Crippen LogP contribution in [0.3, 0.4) is 0 Å². The van der Waals surface area contributed by atoms with Gasteiger partial charge in [-0.15, -0.1) is 0 Å². The molecule has 0 amide bonds. The lowest BCUT2D eigenvalue weighted by Gasteiger charge is -2.18. The lowest BCUT2D eigenvalue weighted by Crippen LogP contribution is -2.07. The summed E-state index contributed by atoms with van der Waals surface area (Å²) in [7, 11) is 0. The standard InChI is InChI=1S/C21H30/c1-4-9-18(3)12-13-19(5-2)16-21(14-15-21)17-20-10-7-6-8-11-20/h4-11,18H,12-17H2,1-3H3/b9-4-,19-5?/t18-/m1/s1. The minimum atomic E-state index is 0.576. The average Bonchev–Trinajstić information content (AvgIpc) is 3.24. The summed E-state index contributed by atoms with van der Waals surface area (Å²) in [6.07, 6.45) is 14.8. The maximum absolute atomic E-state index is 2.37. The largest absolute Gasteiger partial charge is 0.0914 e. The Morgan fingerprint density at radius 1 is 1.19 bits per heavy atom. The van der Waals surface area contributed by atoms with Crippen molar-refractivity contribution in [3.05, 3.63) is 59.7 Å². The van der Waals surface area contributed by atoms with Crippen LogP contribution in [0, 0.1) is 11.3 Å². The summed E-state index contributed by atoms with van der Waals surface area (Å²) in [5.41, 5.74) is 3.75. The zero-order chi connectivity index (χ0) is 15.1. The smallest absolute Gasteiger partial charge is 0.0219 e. The van der Waals surface area contributed by atoms with Gasteiger partial charge in [-0.1, -0.05) is 61.1 Å². The normalized spacial score (nSPS) is 18.9. The Bertz CT molecular complexity index is 474. The maximum Gasteiger partial charge on any atom is -0.0219 e. The molecule has 0 saturated heterocycles. The van der Waals surface area contributed by atoms with Crippen molar-refractivity contribution in [1.29, 1.82) is 0 Å². The first-order valence-corrected chi connectivity index (χ1v) is 8.48. The molecule has 0 unspecified atom stereocenters. The summed E-state index contributed by atoms with van der Waals surface area (Å²) < 4.78 is 0. The molecule has 1 aromatic rings. The van der Waals surface area contributed by atoms with Crippen LogP contribution in [0.25, 0.3) is 0 Å². The van der Waals surface area contributed by atoms with Crippen LogP contribution in [0.1, 0.15) is 58.4 Å². The van der Waals surface area contributed by atoms with Crippen LogP contribution in [0.15, 0.2) is 54.1 Å². The molecule has 0 aromatic heterocycles. The first-order valence-electron chi connectivity index (χ1n) is 8.48. The Hall–Kier alpha value is -1.30. The molecule has 1 saturated carbocycles. The quantitative estimate of drug-likeness (QED) is 0.488. The molecule has 0 heterocycles. The lowest BCUT2D eigenvalue weighted by atomic mass is 9.87. The summed E-state index contributed by atoms with van der Waals surface area (Å²) in [6, 6.07) is 11.0. The van der Waals surface area contributed by atoms with E-state index in [1.165, 1.54) is 44.1 Å². The van der Waals surface area contributed by atoms with Gasteiger partial charge < -0.3 is 0 Å². The second-order valence-electron chi connectivity index (χ2n) is 6.83. The van der Waals surface area contributed by atoms with Crippen LogP contribution in [-0.2, 0) is 6.42 Å². The molecule has 21 heavy (non-hydrogen) atoms. The Kier molecular flexibility index (Phi) is 5.85. The molecule has 1 aliphatic rings. The Morgan fingerprint density at radius 3 is 2.48 bits per heavy atom. The SMILES string of the molecule is CC=C(CC[C@H](C)/C=C\C)CC1(Cc2ccccc2)CC1. The van der Waals surface area contributed by atoms with E-state index in [2.05, 4.69) is 69.3 Å². The van der Waals surface area contributed by atoms with Gasteiger partial charge >= 0.3 is 0 Å². The van der Waals surface area contributed by atoms with Crippen molar-refractivity contribution in [2.75, 3.05) is 0 Å². The monoisotopic (exact) mass is 282 g/mol. The van der Waals surface area contributed by atoms with E-state index in [9.17, 15) is 0 Å². The van der Waals surface area contributed by atoms with E-state index < -0.39 is 0 Å². The van der Waals surface area contributed by atoms with Gasteiger partial charge in [-0.25, -0.2) is 0 Å². The Morgan fingerprint density at radius 2 is 1.90 bits per heavy atom. The summed E-state index contributed by atoms with van der Waals surface area (Å²) in [5, 5.41) is 0. The molecule has 1 fully saturated rings. The highest BCUT2D eigenvalue weighted by molar-refractivity contribution is 5.21. The van der Waals surface area contributed by atoms with Crippen LogP contribution >= 0.6 is 0 Å². The van der Waals surface area contributed by atoms with Crippen LogP contribution in [0.5, 0.6) is 0 Å². The summed E-state index contributed by atoms with van der Waals surface area (Å²) >= 11 is 0. The lowest BCUT2D eigenvalue weighted by molar-refractivity contribution is 0.485. The third-order valence-corrected chi connectivity index (χ3v) is 4.83. The Balaban J connectivity index is 1.87. The molecule has 0 radical (unpaired) electrons. The van der Waals surface area contributed by atoms with E-state index in [4.69, 9.17) is 0 Å². The van der Waals surface area contributed by atoms with Crippen molar-refractivity contribution in [3.63, 3.8) is 0 Å². The molecule has 1 aliphatic carbocycles. The van der Waals surface area contributed by atoms with Gasteiger partial charge in [-0.3, -0.25) is 0 Å². The highest BCUT2D eigenvalue weighted by atomic mass is 14.5. The van der Waals surface area contributed by atoms with Crippen LogP contribution in [0.2, 0.25) is 0 Å².